The molecule has 1 aliphatic rings. The Morgan fingerprint density at radius 1 is 1.36 bits per heavy atom. The van der Waals surface area contributed by atoms with Gasteiger partial charge in [-0.2, -0.15) is 0 Å². The van der Waals surface area contributed by atoms with Crippen LogP contribution in [0.4, 0.5) is 0 Å². The smallest absolute Gasteiger partial charge is 0.337 e. The number of aromatic nitrogens is 1. The summed E-state index contributed by atoms with van der Waals surface area (Å²) in [4.78, 5) is 17.7. The number of pyridine rings is 1. The van der Waals surface area contributed by atoms with Gasteiger partial charge >= 0.3 is 5.97 Å². The quantitative estimate of drug-likeness (QED) is 0.943. The van der Waals surface area contributed by atoms with Gasteiger partial charge in [0.25, 0.3) is 0 Å². The molecule has 2 aromatic rings. The number of ether oxygens (including phenoxy) is 1. The van der Waals surface area contributed by atoms with Gasteiger partial charge in [-0.05, 0) is 25.1 Å². The third-order valence-electron chi connectivity index (χ3n) is 3.70. The van der Waals surface area contributed by atoms with Crippen LogP contribution in [0.3, 0.4) is 0 Å². The van der Waals surface area contributed by atoms with Gasteiger partial charge in [-0.15, -0.1) is 0 Å². The summed E-state index contributed by atoms with van der Waals surface area (Å²) in [6.45, 7) is 3.95. The number of carbonyl (C=O) groups is 1. The van der Waals surface area contributed by atoms with Crippen LogP contribution in [0.15, 0.2) is 42.6 Å². The lowest BCUT2D eigenvalue weighted by atomic mass is 10.1. The Labute approximate surface area is 129 Å². The second-order valence-corrected chi connectivity index (χ2v) is 5.51. The summed E-state index contributed by atoms with van der Waals surface area (Å²) in [6, 6.07) is 11.2. The molecule has 1 N–H and O–H groups in total. The number of nitrogens with zero attached hydrogens (tertiary/aromatic N) is 2. The van der Waals surface area contributed by atoms with Crippen molar-refractivity contribution in [2.75, 3.05) is 6.54 Å². The zero-order chi connectivity index (χ0) is 15.5. The Hall–Kier alpha value is -2.40. The molecule has 0 aliphatic carbocycles. The fourth-order valence-corrected chi connectivity index (χ4v) is 2.76. The maximum Gasteiger partial charge on any atom is 0.337 e. The molecule has 0 fully saturated rings. The van der Waals surface area contributed by atoms with Crippen LogP contribution < -0.4 is 4.74 Å². The van der Waals surface area contributed by atoms with Crippen LogP contribution in [-0.2, 0) is 13.1 Å². The molecule has 0 spiro atoms. The first-order chi connectivity index (χ1) is 10.6. The van der Waals surface area contributed by atoms with Crippen LogP contribution in [0.5, 0.6) is 5.75 Å². The molecule has 0 amide bonds. The average molecular weight is 298 g/mol. The summed E-state index contributed by atoms with van der Waals surface area (Å²) in [5, 5.41) is 9.28. The lowest BCUT2D eigenvalue weighted by Gasteiger charge is -2.22. The summed E-state index contributed by atoms with van der Waals surface area (Å²) < 4.78 is 5.92. The van der Waals surface area contributed by atoms with Crippen molar-refractivity contribution in [2.45, 2.75) is 26.1 Å². The van der Waals surface area contributed by atoms with E-state index in [1.165, 1.54) is 0 Å². The van der Waals surface area contributed by atoms with Crippen molar-refractivity contribution in [2.24, 2.45) is 0 Å². The van der Waals surface area contributed by atoms with E-state index in [0.29, 0.717) is 12.2 Å². The minimum absolute atomic E-state index is 0.0423. The summed E-state index contributed by atoms with van der Waals surface area (Å²) in [7, 11) is 0. The molecule has 1 aromatic heterocycles. The number of fused-ring (bicyclic) bond motifs is 1. The predicted molar refractivity (Wildman–Crippen MR) is 81.8 cm³/mol. The summed E-state index contributed by atoms with van der Waals surface area (Å²) in [6.07, 6.45) is 1.67. The molecule has 1 aromatic carbocycles. The van der Waals surface area contributed by atoms with E-state index in [2.05, 4.69) is 9.88 Å². The second-order valence-electron chi connectivity index (χ2n) is 5.51. The third kappa shape index (κ3) is 3.09. The van der Waals surface area contributed by atoms with E-state index in [4.69, 9.17) is 4.74 Å². The molecule has 0 saturated carbocycles. The van der Waals surface area contributed by atoms with Gasteiger partial charge in [0, 0.05) is 31.4 Å². The van der Waals surface area contributed by atoms with E-state index in [-0.39, 0.29) is 11.7 Å². The minimum atomic E-state index is -0.942. The van der Waals surface area contributed by atoms with Gasteiger partial charge in [-0.3, -0.25) is 9.88 Å². The average Bonchev–Trinajstić information content (AvgIpc) is 2.64. The van der Waals surface area contributed by atoms with E-state index in [1.807, 2.05) is 31.2 Å². The Kier molecular flexibility index (Phi) is 4.06. The van der Waals surface area contributed by atoms with Gasteiger partial charge in [0.15, 0.2) is 0 Å². The molecule has 1 unspecified atom stereocenters. The summed E-state index contributed by atoms with van der Waals surface area (Å²) >= 11 is 0. The molecule has 0 saturated heterocycles. The molecule has 0 bridgehead atoms. The first-order valence-electron chi connectivity index (χ1n) is 7.27. The van der Waals surface area contributed by atoms with Crippen molar-refractivity contribution < 1.29 is 14.6 Å². The molecular weight excluding hydrogens is 280 g/mol. The van der Waals surface area contributed by atoms with Crippen LogP contribution in [-0.4, -0.2) is 33.6 Å². The van der Waals surface area contributed by atoms with E-state index in [0.717, 1.165) is 24.4 Å². The molecule has 1 aliphatic heterocycles. The van der Waals surface area contributed by atoms with Gasteiger partial charge in [0.1, 0.15) is 11.9 Å². The van der Waals surface area contributed by atoms with Crippen LogP contribution in [0.1, 0.15) is 28.5 Å². The van der Waals surface area contributed by atoms with Gasteiger partial charge in [0.05, 0.1) is 11.3 Å². The molecular formula is C17H18N2O3. The van der Waals surface area contributed by atoms with Crippen molar-refractivity contribution >= 4 is 5.97 Å². The van der Waals surface area contributed by atoms with E-state index < -0.39 is 5.97 Å². The number of aromatic carboxylic acids is 1. The van der Waals surface area contributed by atoms with Crippen molar-refractivity contribution in [3.05, 3.63) is 59.4 Å². The summed E-state index contributed by atoms with van der Waals surface area (Å²) in [5.74, 6) is -0.0420. The molecule has 114 valence electrons. The highest BCUT2D eigenvalue weighted by atomic mass is 16.5. The highest BCUT2D eigenvalue weighted by Gasteiger charge is 2.22. The zero-order valence-corrected chi connectivity index (χ0v) is 12.4. The van der Waals surface area contributed by atoms with Crippen LogP contribution in [0, 0.1) is 0 Å². The van der Waals surface area contributed by atoms with Crippen molar-refractivity contribution in [1.82, 2.24) is 9.88 Å². The number of benzene rings is 1. The highest BCUT2D eigenvalue weighted by molar-refractivity contribution is 5.88. The largest absolute Gasteiger partial charge is 0.489 e. The van der Waals surface area contributed by atoms with Crippen molar-refractivity contribution in [1.29, 1.82) is 0 Å². The number of rotatable bonds is 3. The van der Waals surface area contributed by atoms with E-state index in [9.17, 15) is 9.90 Å². The monoisotopic (exact) mass is 298 g/mol. The molecule has 2 heterocycles. The van der Waals surface area contributed by atoms with Gasteiger partial charge in [0.2, 0.25) is 0 Å². The fraction of sp³-hybridized carbons (Fsp3) is 0.294. The normalized spacial score (nSPS) is 18.1. The van der Waals surface area contributed by atoms with Crippen LogP contribution in [0.25, 0.3) is 0 Å². The minimum Gasteiger partial charge on any atom is -0.489 e. The first kappa shape index (κ1) is 14.5. The molecule has 0 radical (unpaired) electrons. The van der Waals surface area contributed by atoms with Gasteiger partial charge in [-0.1, -0.05) is 18.2 Å². The zero-order valence-electron chi connectivity index (χ0n) is 12.4. The lowest BCUT2D eigenvalue weighted by Crippen LogP contribution is -2.31. The van der Waals surface area contributed by atoms with Gasteiger partial charge in [-0.25, -0.2) is 4.79 Å². The number of carboxylic acid groups (broad SMARTS) is 1. The molecule has 1 atom stereocenters. The highest BCUT2D eigenvalue weighted by Crippen LogP contribution is 2.25. The maximum atomic E-state index is 11.3. The molecule has 5 heteroatoms. The summed E-state index contributed by atoms with van der Waals surface area (Å²) in [5.41, 5.74) is 1.95. The predicted octanol–water partition coefficient (Wildman–Crippen LogP) is 2.56. The van der Waals surface area contributed by atoms with Crippen molar-refractivity contribution in [3.8, 4) is 5.75 Å². The third-order valence-corrected chi connectivity index (χ3v) is 3.70. The number of para-hydroxylation sites is 1. The molecule has 5 nitrogen and oxygen atoms in total. The SMILES string of the molecule is CC1CN(Cc2ncccc2C(=O)O)Cc2ccccc2O1. The Balaban J connectivity index is 1.85. The topological polar surface area (TPSA) is 62.7 Å². The Morgan fingerprint density at radius 3 is 3.00 bits per heavy atom. The van der Waals surface area contributed by atoms with Gasteiger partial charge < -0.3 is 9.84 Å². The standard InChI is InChI=1S/C17H18N2O3/c1-12-9-19(10-13-5-2-3-7-16(13)22-12)11-15-14(17(20)21)6-4-8-18-15/h2-8,12H,9-11H2,1H3,(H,20,21). The Bertz CT molecular complexity index is 687. The van der Waals surface area contributed by atoms with E-state index >= 15 is 0 Å². The Morgan fingerprint density at radius 2 is 2.18 bits per heavy atom. The number of hydrogen-bond acceptors (Lipinski definition) is 4. The van der Waals surface area contributed by atoms with Crippen LogP contribution in [0.2, 0.25) is 0 Å². The fourth-order valence-electron chi connectivity index (χ4n) is 2.76. The first-order valence-corrected chi connectivity index (χ1v) is 7.27. The second kappa shape index (κ2) is 6.15. The number of hydrogen-bond donors (Lipinski definition) is 1. The van der Waals surface area contributed by atoms with Crippen LogP contribution >= 0.6 is 0 Å². The lowest BCUT2D eigenvalue weighted by molar-refractivity contribution is 0.0693. The molecule has 22 heavy (non-hydrogen) atoms. The molecule has 3 rings (SSSR count). The van der Waals surface area contributed by atoms with E-state index in [1.54, 1.807) is 18.3 Å². The maximum absolute atomic E-state index is 11.3. The number of carboxylic acids is 1. The van der Waals surface area contributed by atoms with Crippen molar-refractivity contribution in [3.63, 3.8) is 0 Å².